The summed E-state index contributed by atoms with van der Waals surface area (Å²) >= 11 is 0. The summed E-state index contributed by atoms with van der Waals surface area (Å²) in [6.45, 7) is 0. The van der Waals surface area contributed by atoms with Crippen molar-refractivity contribution in [2.24, 2.45) is 5.92 Å². The van der Waals surface area contributed by atoms with E-state index in [9.17, 15) is 5.11 Å². The summed E-state index contributed by atoms with van der Waals surface area (Å²) in [4.78, 5) is 0. The van der Waals surface area contributed by atoms with E-state index in [1.54, 1.807) is 0 Å². The van der Waals surface area contributed by atoms with Crippen molar-refractivity contribution in [3.63, 3.8) is 0 Å². The van der Waals surface area contributed by atoms with Gasteiger partial charge in [0.25, 0.3) is 0 Å². The summed E-state index contributed by atoms with van der Waals surface area (Å²) in [5.41, 5.74) is 0.0868. The largest absolute Gasteiger partial charge is 0.365 e. The first-order valence-corrected chi connectivity index (χ1v) is 6.15. The van der Waals surface area contributed by atoms with Gasteiger partial charge in [0.15, 0.2) is 5.79 Å². The minimum absolute atomic E-state index is 0.0868. The van der Waals surface area contributed by atoms with Gasteiger partial charge in [0.1, 0.15) is 0 Å². The van der Waals surface area contributed by atoms with Crippen LogP contribution in [0.4, 0.5) is 0 Å². The fourth-order valence-corrected chi connectivity index (χ4v) is 3.87. The van der Waals surface area contributed by atoms with E-state index >= 15 is 0 Å². The molecule has 0 aromatic heterocycles. The molecule has 14 heavy (non-hydrogen) atoms. The van der Waals surface area contributed by atoms with Gasteiger partial charge in [-0.15, -0.1) is 0 Å². The van der Waals surface area contributed by atoms with E-state index in [4.69, 9.17) is 4.74 Å². The Bertz CT molecular complexity index is 236. The maximum Gasteiger partial charge on any atom is 0.166 e. The Balaban J connectivity index is 1.89. The van der Waals surface area contributed by atoms with Gasteiger partial charge in [-0.3, -0.25) is 0 Å². The van der Waals surface area contributed by atoms with E-state index in [0.29, 0.717) is 0 Å². The molecule has 1 N–H and O–H groups in total. The maximum atomic E-state index is 10.2. The molecule has 0 radical (unpaired) electrons. The summed E-state index contributed by atoms with van der Waals surface area (Å²) in [5.74, 6) is 0.00310. The number of hydrogen-bond donors (Lipinski definition) is 1. The third kappa shape index (κ3) is 1.24. The number of ether oxygens (including phenoxy) is 1. The predicted octanol–water partition coefficient (Wildman–Crippen LogP) is 2.60. The number of hydrogen-bond acceptors (Lipinski definition) is 2. The second-order valence-electron chi connectivity index (χ2n) is 5.45. The Morgan fingerprint density at radius 2 is 1.79 bits per heavy atom. The lowest BCUT2D eigenvalue weighted by Crippen LogP contribution is -2.57. The third-order valence-electron chi connectivity index (χ3n) is 4.59. The molecule has 0 amide bonds. The highest BCUT2D eigenvalue weighted by molar-refractivity contribution is 5.00. The zero-order chi connectivity index (χ0) is 9.65. The molecule has 1 spiro atoms. The summed E-state index contributed by atoms with van der Waals surface area (Å²) < 4.78 is 6.06. The SMILES string of the molecule is O[C@]12CCC[C@@]3(CCCCC3CC1)O2. The van der Waals surface area contributed by atoms with Crippen LogP contribution in [-0.2, 0) is 4.74 Å². The Labute approximate surface area is 85.6 Å². The summed E-state index contributed by atoms with van der Waals surface area (Å²) in [5, 5.41) is 10.2. The van der Waals surface area contributed by atoms with Gasteiger partial charge in [-0.2, -0.15) is 0 Å². The van der Waals surface area contributed by atoms with Gasteiger partial charge in [-0.25, -0.2) is 0 Å². The fourth-order valence-electron chi connectivity index (χ4n) is 3.87. The molecule has 1 saturated carbocycles. The minimum Gasteiger partial charge on any atom is -0.365 e. The van der Waals surface area contributed by atoms with Crippen LogP contribution in [-0.4, -0.2) is 16.5 Å². The number of fused-ring (bicyclic) bond motifs is 1. The molecule has 3 fully saturated rings. The molecular weight excluding hydrogens is 176 g/mol. The van der Waals surface area contributed by atoms with Gasteiger partial charge < -0.3 is 9.84 Å². The van der Waals surface area contributed by atoms with Gasteiger partial charge in [0.2, 0.25) is 0 Å². The summed E-state index contributed by atoms with van der Waals surface area (Å²) in [6.07, 6.45) is 10.5. The van der Waals surface area contributed by atoms with Crippen molar-refractivity contribution >= 4 is 0 Å². The van der Waals surface area contributed by atoms with Gasteiger partial charge in [-0.1, -0.05) is 12.8 Å². The molecule has 2 heterocycles. The van der Waals surface area contributed by atoms with Crippen molar-refractivity contribution in [2.45, 2.75) is 69.2 Å². The van der Waals surface area contributed by atoms with E-state index in [1.165, 1.54) is 38.5 Å². The zero-order valence-corrected chi connectivity index (χ0v) is 8.80. The van der Waals surface area contributed by atoms with Crippen LogP contribution in [0.15, 0.2) is 0 Å². The lowest BCUT2D eigenvalue weighted by molar-refractivity contribution is -0.338. The lowest BCUT2D eigenvalue weighted by atomic mass is 9.66. The third-order valence-corrected chi connectivity index (χ3v) is 4.59. The van der Waals surface area contributed by atoms with E-state index in [-0.39, 0.29) is 5.60 Å². The number of aliphatic hydroxyl groups is 1. The van der Waals surface area contributed by atoms with E-state index in [1.807, 2.05) is 0 Å². The van der Waals surface area contributed by atoms with Crippen molar-refractivity contribution in [3.8, 4) is 0 Å². The molecule has 2 heteroatoms. The number of rotatable bonds is 0. The molecule has 2 saturated heterocycles. The van der Waals surface area contributed by atoms with E-state index in [2.05, 4.69) is 0 Å². The highest BCUT2D eigenvalue weighted by Gasteiger charge is 2.53. The summed E-state index contributed by atoms with van der Waals surface area (Å²) in [6, 6.07) is 0. The van der Waals surface area contributed by atoms with Gasteiger partial charge in [0, 0.05) is 12.8 Å². The monoisotopic (exact) mass is 196 g/mol. The van der Waals surface area contributed by atoms with Crippen LogP contribution in [0.1, 0.15) is 57.8 Å². The van der Waals surface area contributed by atoms with Gasteiger partial charge >= 0.3 is 0 Å². The van der Waals surface area contributed by atoms with Gasteiger partial charge in [-0.05, 0) is 38.0 Å². The standard InChI is InChI=1S/C12H20O2/c13-12-8-3-7-11(14-12)6-2-1-4-10(11)5-9-12/h10,13H,1-9H2/t10?,11-,12+/m1/s1. The summed E-state index contributed by atoms with van der Waals surface area (Å²) in [7, 11) is 0. The lowest BCUT2D eigenvalue weighted by Gasteiger charge is -2.56. The molecule has 2 aliphatic heterocycles. The second kappa shape index (κ2) is 2.96. The van der Waals surface area contributed by atoms with Crippen molar-refractivity contribution in [3.05, 3.63) is 0 Å². The predicted molar refractivity (Wildman–Crippen MR) is 53.8 cm³/mol. The first kappa shape index (κ1) is 9.17. The Morgan fingerprint density at radius 1 is 0.929 bits per heavy atom. The molecule has 3 aliphatic rings. The molecule has 0 aromatic carbocycles. The Kier molecular flexibility index (Phi) is 1.94. The average molecular weight is 196 g/mol. The maximum absolute atomic E-state index is 10.2. The normalized spacial score (nSPS) is 52.5. The van der Waals surface area contributed by atoms with E-state index < -0.39 is 5.79 Å². The average Bonchev–Trinajstić information content (AvgIpc) is 2.16. The highest BCUT2D eigenvalue weighted by atomic mass is 16.6. The Hall–Kier alpha value is -0.0800. The van der Waals surface area contributed by atoms with Gasteiger partial charge in [0.05, 0.1) is 5.60 Å². The molecule has 2 nitrogen and oxygen atoms in total. The Morgan fingerprint density at radius 3 is 2.71 bits per heavy atom. The fraction of sp³-hybridized carbons (Fsp3) is 1.00. The first-order chi connectivity index (χ1) is 6.73. The first-order valence-electron chi connectivity index (χ1n) is 6.15. The highest BCUT2D eigenvalue weighted by Crippen LogP contribution is 2.53. The molecular formula is C12H20O2. The topological polar surface area (TPSA) is 29.5 Å². The molecule has 80 valence electrons. The molecule has 3 atom stereocenters. The van der Waals surface area contributed by atoms with Crippen LogP contribution in [0.5, 0.6) is 0 Å². The van der Waals surface area contributed by atoms with Crippen molar-refractivity contribution < 1.29 is 9.84 Å². The molecule has 2 bridgehead atoms. The van der Waals surface area contributed by atoms with Crippen LogP contribution in [0.2, 0.25) is 0 Å². The molecule has 1 unspecified atom stereocenters. The smallest absolute Gasteiger partial charge is 0.166 e. The van der Waals surface area contributed by atoms with Crippen LogP contribution in [0.25, 0.3) is 0 Å². The molecule has 3 rings (SSSR count). The van der Waals surface area contributed by atoms with Crippen molar-refractivity contribution in [1.82, 2.24) is 0 Å². The van der Waals surface area contributed by atoms with Crippen LogP contribution < -0.4 is 0 Å². The van der Waals surface area contributed by atoms with E-state index in [0.717, 1.165) is 25.2 Å². The van der Waals surface area contributed by atoms with Crippen molar-refractivity contribution in [2.75, 3.05) is 0 Å². The molecule has 0 aromatic rings. The zero-order valence-electron chi connectivity index (χ0n) is 8.80. The quantitative estimate of drug-likeness (QED) is 0.645. The second-order valence-corrected chi connectivity index (χ2v) is 5.45. The van der Waals surface area contributed by atoms with Crippen molar-refractivity contribution in [1.29, 1.82) is 0 Å². The molecule has 1 aliphatic carbocycles. The minimum atomic E-state index is -0.744. The van der Waals surface area contributed by atoms with Crippen LogP contribution in [0.3, 0.4) is 0 Å². The van der Waals surface area contributed by atoms with Crippen LogP contribution in [0, 0.1) is 5.92 Å². The van der Waals surface area contributed by atoms with Crippen LogP contribution >= 0.6 is 0 Å².